The lowest BCUT2D eigenvalue weighted by atomic mass is 10.1. The van der Waals surface area contributed by atoms with Crippen LogP contribution < -0.4 is 4.90 Å². The van der Waals surface area contributed by atoms with Crippen molar-refractivity contribution >= 4 is 11.7 Å². The first-order chi connectivity index (χ1) is 9.09. The smallest absolute Gasteiger partial charge is 0.354 e. The van der Waals surface area contributed by atoms with Crippen LogP contribution in [0.5, 0.6) is 0 Å². The third-order valence-corrected chi connectivity index (χ3v) is 3.03. The number of rotatable bonds is 4. The molecular weight excluding hydrogens is 240 g/mol. The highest BCUT2D eigenvalue weighted by molar-refractivity contribution is 5.87. The average Bonchev–Trinajstić information content (AvgIpc) is 2.39. The number of aromatic carboxylic acids is 1. The second kappa shape index (κ2) is 5.52. The molecule has 0 atom stereocenters. The van der Waals surface area contributed by atoms with E-state index in [1.54, 1.807) is 12.1 Å². The number of benzene rings is 1. The highest BCUT2D eigenvalue weighted by Crippen LogP contribution is 2.20. The average molecular weight is 256 g/mol. The second-order valence-corrected chi connectivity index (χ2v) is 4.46. The molecule has 0 bridgehead atoms. The minimum absolute atomic E-state index is 0.114. The van der Waals surface area contributed by atoms with E-state index in [0.29, 0.717) is 12.1 Å². The van der Waals surface area contributed by atoms with Crippen LogP contribution in [0.1, 0.15) is 21.6 Å². The molecule has 2 aromatic rings. The number of para-hydroxylation sites is 1. The first-order valence-electron chi connectivity index (χ1n) is 6.03. The molecule has 0 aliphatic rings. The van der Waals surface area contributed by atoms with Crippen molar-refractivity contribution < 1.29 is 9.90 Å². The van der Waals surface area contributed by atoms with Gasteiger partial charge in [0.05, 0.1) is 0 Å². The molecule has 0 unspecified atom stereocenters. The normalized spacial score (nSPS) is 10.2. The third kappa shape index (κ3) is 2.91. The molecule has 4 heteroatoms. The van der Waals surface area contributed by atoms with Crippen molar-refractivity contribution in [2.45, 2.75) is 13.5 Å². The maximum absolute atomic E-state index is 11.1. The van der Waals surface area contributed by atoms with E-state index in [1.165, 1.54) is 6.20 Å². The SMILES string of the molecule is Cc1ccccc1N(C)Cc1cccnc1C(=O)O. The van der Waals surface area contributed by atoms with E-state index in [1.807, 2.05) is 43.1 Å². The van der Waals surface area contributed by atoms with Crippen molar-refractivity contribution in [1.82, 2.24) is 4.98 Å². The molecule has 0 saturated heterocycles. The Bertz CT molecular complexity index is 596. The van der Waals surface area contributed by atoms with Crippen molar-refractivity contribution in [2.24, 2.45) is 0 Å². The molecule has 4 nitrogen and oxygen atoms in total. The van der Waals surface area contributed by atoms with Gasteiger partial charge in [-0.05, 0) is 24.6 Å². The lowest BCUT2D eigenvalue weighted by Gasteiger charge is -2.22. The Morgan fingerprint density at radius 3 is 2.68 bits per heavy atom. The number of anilines is 1. The number of aryl methyl sites for hydroxylation is 1. The molecule has 0 amide bonds. The first kappa shape index (κ1) is 13.1. The van der Waals surface area contributed by atoms with Crippen LogP contribution in [0.15, 0.2) is 42.6 Å². The van der Waals surface area contributed by atoms with Crippen LogP contribution in [0.4, 0.5) is 5.69 Å². The maximum Gasteiger partial charge on any atom is 0.354 e. The van der Waals surface area contributed by atoms with Gasteiger partial charge < -0.3 is 10.0 Å². The van der Waals surface area contributed by atoms with Crippen LogP contribution in [-0.2, 0) is 6.54 Å². The molecule has 0 spiro atoms. The lowest BCUT2D eigenvalue weighted by Crippen LogP contribution is -2.19. The first-order valence-corrected chi connectivity index (χ1v) is 6.03. The van der Waals surface area contributed by atoms with Gasteiger partial charge in [0.1, 0.15) is 0 Å². The Morgan fingerprint density at radius 1 is 1.26 bits per heavy atom. The Labute approximate surface area is 112 Å². The predicted molar refractivity (Wildman–Crippen MR) is 74.5 cm³/mol. The number of pyridine rings is 1. The van der Waals surface area contributed by atoms with Gasteiger partial charge >= 0.3 is 5.97 Å². The monoisotopic (exact) mass is 256 g/mol. The molecule has 1 N–H and O–H groups in total. The summed E-state index contributed by atoms with van der Waals surface area (Å²) in [5, 5.41) is 9.12. The van der Waals surface area contributed by atoms with E-state index in [0.717, 1.165) is 11.3 Å². The van der Waals surface area contributed by atoms with Crippen molar-refractivity contribution in [2.75, 3.05) is 11.9 Å². The predicted octanol–water partition coefficient (Wildman–Crippen LogP) is 2.72. The van der Waals surface area contributed by atoms with Gasteiger partial charge in [-0.15, -0.1) is 0 Å². The number of aromatic nitrogens is 1. The standard InChI is InChI=1S/C15H16N2O2/c1-11-6-3-4-8-13(11)17(2)10-12-7-5-9-16-14(12)15(18)19/h3-9H,10H2,1-2H3,(H,18,19). The van der Waals surface area contributed by atoms with Gasteiger partial charge in [0.2, 0.25) is 0 Å². The molecule has 1 aromatic carbocycles. The van der Waals surface area contributed by atoms with E-state index in [4.69, 9.17) is 5.11 Å². The summed E-state index contributed by atoms with van der Waals surface area (Å²) < 4.78 is 0. The molecule has 1 heterocycles. The molecule has 19 heavy (non-hydrogen) atoms. The van der Waals surface area contributed by atoms with Gasteiger partial charge in [-0.3, -0.25) is 0 Å². The minimum Gasteiger partial charge on any atom is -0.477 e. The Hall–Kier alpha value is -2.36. The lowest BCUT2D eigenvalue weighted by molar-refractivity contribution is 0.0689. The van der Waals surface area contributed by atoms with Gasteiger partial charge in [0, 0.05) is 31.0 Å². The number of nitrogens with zero attached hydrogens (tertiary/aromatic N) is 2. The molecule has 0 radical (unpaired) electrons. The molecule has 0 fully saturated rings. The Kier molecular flexibility index (Phi) is 3.80. The summed E-state index contributed by atoms with van der Waals surface area (Å²) in [6.45, 7) is 2.55. The van der Waals surface area contributed by atoms with Crippen molar-refractivity contribution in [3.8, 4) is 0 Å². The molecule has 98 valence electrons. The zero-order valence-electron chi connectivity index (χ0n) is 11.0. The van der Waals surface area contributed by atoms with E-state index < -0.39 is 5.97 Å². The second-order valence-electron chi connectivity index (χ2n) is 4.46. The summed E-state index contributed by atoms with van der Waals surface area (Å²) in [6, 6.07) is 11.6. The van der Waals surface area contributed by atoms with Crippen LogP contribution >= 0.6 is 0 Å². The molecule has 0 aliphatic heterocycles. The van der Waals surface area contributed by atoms with Crippen LogP contribution in [0, 0.1) is 6.92 Å². The van der Waals surface area contributed by atoms with E-state index in [2.05, 4.69) is 4.98 Å². The number of carbonyl (C=O) groups is 1. The van der Waals surface area contributed by atoms with Crippen LogP contribution in [0.2, 0.25) is 0 Å². The molecule has 0 aliphatic carbocycles. The summed E-state index contributed by atoms with van der Waals surface area (Å²) in [5.41, 5.74) is 3.07. The highest BCUT2D eigenvalue weighted by atomic mass is 16.4. The van der Waals surface area contributed by atoms with E-state index in [-0.39, 0.29) is 5.69 Å². The molecule has 0 saturated carbocycles. The quantitative estimate of drug-likeness (QED) is 0.913. The summed E-state index contributed by atoms with van der Waals surface area (Å²) in [5.74, 6) is -0.992. The Morgan fingerprint density at radius 2 is 2.00 bits per heavy atom. The van der Waals surface area contributed by atoms with Gasteiger partial charge in [-0.25, -0.2) is 9.78 Å². The summed E-state index contributed by atoms with van der Waals surface area (Å²) in [4.78, 5) is 17.1. The summed E-state index contributed by atoms with van der Waals surface area (Å²) in [6.07, 6.45) is 1.50. The fourth-order valence-corrected chi connectivity index (χ4v) is 2.09. The summed E-state index contributed by atoms with van der Waals surface area (Å²) >= 11 is 0. The number of hydrogen-bond donors (Lipinski definition) is 1. The summed E-state index contributed by atoms with van der Waals surface area (Å²) in [7, 11) is 1.95. The Balaban J connectivity index is 2.27. The molecule has 2 rings (SSSR count). The fourth-order valence-electron chi connectivity index (χ4n) is 2.09. The van der Waals surface area contributed by atoms with Gasteiger partial charge in [-0.1, -0.05) is 24.3 Å². The number of hydrogen-bond acceptors (Lipinski definition) is 3. The zero-order chi connectivity index (χ0) is 13.8. The van der Waals surface area contributed by atoms with Crippen LogP contribution in [0.3, 0.4) is 0 Å². The number of carboxylic acids is 1. The number of carboxylic acid groups (broad SMARTS) is 1. The topological polar surface area (TPSA) is 53.4 Å². The van der Waals surface area contributed by atoms with Crippen LogP contribution in [0.25, 0.3) is 0 Å². The minimum atomic E-state index is -0.992. The van der Waals surface area contributed by atoms with E-state index in [9.17, 15) is 4.79 Å². The van der Waals surface area contributed by atoms with E-state index >= 15 is 0 Å². The van der Waals surface area contributed by atoms with Gasteiger partial charge in [0.25, 0.3) is 0 Å². The third-order valence-electron chi connectivity index (χ3n) is 3.03. The zero-order valence-corrected chi connectivity index (χ0v) is 11.0. The maximum atomic E-state index is 11.1. The molecular formula is C15H16N2O2. The van der Waals surface area contributed by atoms with Crippen LogP contribution in [-0.4, -0.2) is 23.1 Å². The molecule has 1 aromatic heterocycles. The van der Waals surface area contributed by atoms with Gasteiger partial charge in [0.15, 0.2) is 5.69 Å². The fraction of sp³-hybridized carbons (Fsp3) is 0.200. The van der Waals surface area contributed by atoms with Crippen molar-refractivity contribution in [1.29, 1.82) is 0 Å². The highest BCUT2D eigenvalue weighted by Gasteiger charge is 2.13. The van der Waals surface area contributed by atoms with Gasteiger partial charge in [-0.2, -0.15) is 0 Å². The largest absolute Gasteiger partial charge is 0.477 e. The van der Waals surface area contributed by atoms with Crippen molar-refractivity contribution in [3.05, 3.63) is 59.4 Å². The van der Waals surface area contributed by atoms with Crippen molar-refractivity contribution in [3.63, 3.8) is 0 Å².